The Morgan fingerprint density at radius 2 is 1.95 bits per heavy atom. The molecule has 0 radical (unpaired) electrons. The fourth-order valence-electron chi connectivity index (χ4n) is 3.89. The van der Waals surface area contributed by atoms with Crippen molar-refractivity contribution < 1.29 is 9.13 Å². The SMILES string of the molecule is COc1cc(N2CCCC2C2CCCC2)c(N)cc1F. The number of hydrogen-bond donors (Lipinski definition) is 1. The van der Waals surface area contributed by atoms with Crippen molar-refractivity contribution in [2.24, 2.45) is 5.92 Å². The van der Waals surface area contributed by atoms with Crippen LogP contribution in [0.5, 0.6) is 5.75 Å². The lowest BCUT2D eigenvalue weighted by atomic mass is 9.95. The van der Waals surface area contributed by atoms with E-state index in [-0.39, 0.29) is 11.6 Å². The fraction of sp³-hybridized carbons (Fsp3) is 0.625. The van der Waals surface area contributed by atoms with Gasteiger partial charge in [-0.2, -0.15) is 0 Å². The molecule has 0 amide bonds. The topological polar surface area (TPSA) is 38.5 Å². The number of methoxy groups -OCH3 is 1. The summed E-state index contributed by atoms with van der Waals surface area (Å²) in [6, 6.07) is 3.71. The Morgan fingerprint density at radius 1 is 1.20 bits per heavy atom. The van der Waals surface area contributed by atoms with Crippen LogP contribution in [0.25, 0.3) is 0 Å². The van der Waals surface area contributed by atoms with Crippen molar-refractivity contribution in [3.63, 3.8) is 0 Å². The molecule has 1 unspecified atom stereocenters. The van der Waals surface area contributed by atoms with E-state index in [1.54, 1.807) is 6.07 Å². The lowest BCUT2D eigenvalue weighted by molar-refractivity contribution is 0.386. The number of nitrogens with zero attached hydrogens (tertiary/aromatic N) is 1. The van der Waals surface area contributed by atoms with Crippen LogP contribution in [0.3, 0.4) is 0 Å². The van der Waals surface area contributed by atoms with Crippen molar-refractivity contribution in [1.82, 2.24) is 0 Å². The summed E-state index contributed by atoms with van der Waals surface area (Å²) < 4.78 is 18.8. The molecular formula is C16H23FN2O. The first-order chi connectivity index (χ1) is 9.70. The summed E-state index contributed by atoms with van der Waals surface area (Å²) in [5.41, 5.74) is 7.51. The Morgan fingerprint density at radius 3 is 2.65 bits per heavy atom. The van der Waals surface area contributed by atoms with E-state index in [0.29, 0.717) is 11.7 Å². The molecule has 1 saturated carbocycles. The van der Waals surface area contributed by atoms with Crippen LogP contribution >= 0.6 is 0 Å². The molecule has 0 aromatic heterocycles. The smallest absolute Gasteiger partial charge is 0.167 e. The van der Waals surface area contributed by atoms with Gasteiger partial charge in [0, 0.05) is 24.7 Å². The van der Waals surface area contributed by atoms with Crippen LogP contribution in [-0.2, 0) is 0 Å². The maximum Gasteiger partial charge on any atom is 0.167 e. The number of rotatable bonds is 3. The third-order valence-electron chi connectivity index (χ3n) is 4.85. The van der Waals surface area contributed by atoms with E-state index >= 15 is 0 Å². The third-order valence-corrected chi connectivity index (χ3v) is 4.85. The van der Waals surface area contributed by atoms with E-state index < -0.39 is 0 Å². The van der Waals surface area contributed by atoms with Crippen molar-refractivity contribution in [1.29, 1.82) is 0 Å². The van der Waals surface area contributed by atoms with Gasteiger partial charge in [-0.05, 0) is 31.6 Å². The highest BCUT2D eigenvalue weighted by Crippen LogP contribution is 2.41. The number of hydrogen-bond acceptors (Lipinski definition) is 3. The van der Waals surface area contributed by atoms with Gasteiger partial charge < -0.3 is 15.4 Å². The van der Waals surface area contributed by atoms with Crippen LogP contribution in [0.1, 0.15) is 38.5 Å². The fourth-order valence-corrected chi connectivity index (χ4v) is 3.89. The number of anilines is 2. The minimum Gasteiger partial charge on any atom is -0.494 e. The summed E-state index contributed by atoms with van der Waals surface area (Å²) in [7, 11) is 1.50. The predicted molar refractivity (Wildman–Crippen MR) is 79.7 cm³/mol. The molecule has 0 bridgehead atoms. The van der Waals surface area contributed by atoms with Crippen LogP contribution < -0.4 is 15.4 Å². The predicted octanol–water partition coefficient (Wildman–Crippen LogP) is 3.58. The molecular weight excluding hydrogens is 255 g/mol. The van der Waals surface area contributed by atoms with Crippen LogP contribution in [0, 0.1) is 11.7 Å². The Labute approximate surface area is 119 Å². The van der Waals surface area contributed by atoms with E-state index in [1.165, 1.54) is 51.7 Å². The molecule has 2 fully saturated rings. The monoisotopic (exact) mass is 278 g/mol. The molecule has 3 rings (SSSR count). The highest BCUT2D eigenvalue weighted by molar-refractivity contribution is 5.71. The van der Waals surface area contributed by atoms with Crippen molar-refractivity contribution in [3.05, 3.63) is 17.9 Å². The van der Waals surface area contributed by atoms with E-state index in [0.717, 1.165) is 18.2 Å². The summed E-state index contributed by atoms with van der Waals surface area (Å²) in [5, 5.41) is 0. The molecule has 20 heavy (non-hydrogen) atoms. The van der Waals surface area contributed by atoms with Gasteiger partial charge in [0.2, 0.25) is 0 Å². The number of benzene rings is 1. The van der Waals surface area contributed by atoms with E-state index in [2.05, 4.69) is 4.90 Å². The molecule has 1 aromatic rings. The van der Waals surface area contributed by atoms with Crippen LogP contribution in [0.2, 0.25) is 0 Å². The average Bonchev–Trinajstić information content (AvgIpc) is 3.09. The molecule has 1 heterocycles. The molecule has 110 valence electrons. The Balaban J connectivity index is 1.90. The van der Waals surface area contributed by atoms with Gasteiger partial charge in [-0.15, -0.1) is 0 Å². The standard InChI is InChI=1S/C16H23FN2O/c1-20-16-10-15(13(18)9-12(16)17)19-8-4-7-14(19)11-5-2-3-6-11/h9-11,14H,2-8,18H2,1H3. The lowest BCUT2D eigenvalue weighted by Crippen LogP contribution is -2.35. The Kier molecular flexibility index (Phi) is 3.72. The zero-order valence-electron chi connectivity index (χ0n) is 12.1. The second-order valence-corrected chi connectivity index (χ2v) is 5.99. The van der Waals surface area contributed by atoms with Gasteiger partial charge >= 0.3 is 0 Å². The highest BCUT2D eigenvalue weighted by atomic mass is 19.1. The molecule has 1 aromatic carbocycles. The molecule has 1 aliphatic carbocycles. The molecule has 1 aliphatic heterocycles. The van der Waals surface area contributed by atoms with Gasteiger partial charge in [0.05, 0.1) is 18.5 Å². The maximum absolute atomic E-state index is 13.7. The largest absolute Gasteiger partial charge is 0.494 e. The summed E-state index contributed by atoms with van der Waals surface area (Å²) >= 11 is 0. The van der Waals surface area contributed by atoms with Crippen LogP contribution in [0.4, 0.5) is 15.8 Å². The van der Waals surface area contributed by atoms with E-state index in [4.69, 9.17) is 10.5 Å². The first-order valence-corrected chi connectivity index (χ1v) is 7.60. The molecule has 1 saturated heterocycles. The van der Waals surface area contributed by atoms with Crippen LogP contribution in [0.15, 0.2) is 12.1 Å². The molecule has 0 spiro atoms. The van der Waals surface area contributed by atoms with Crippen molar-refractivity contribution in [2.75, 3.05) is 24.3 Å². The van der Waals surface area contributed by atoms with Gasteiger partial charge in [0.1, 0.15) is 0 Å². The van der Waals surface area contributed by atoms with Gasteiger partial charge in [-0.3, -0.25) is 0 Å². The zero-order chi connectivity index (χ0) is 14.1. The zero-order valence-corrected chi connectivity index (χ0v) is 12.1. The van der Waals surface area contributed by atoms with Crippen molar-refractivity contribution in [2.45, 2.75) is 44.6 Å². The summed E-state index contributed by atoms with van der Waals surface area (Å²) in [4.78, 5) is 2.38. The quantitative estimate of drug-likeness (QED) is 0.859. The number of nitrogen functional groups attached to an aromatic ring is 1. The second-order valence-electron chi connectivity index (χ2n) is 5.99. The highest BCUT2D eigenvalue weighted by Gasteiger charge is 2.34. The van der Waals surface area contributed by atoms with E-state index in [9.17, 15) is 4.39 Å². The third kappa shape index (κ3) is 2.32. The van der Waals surface area contributed by atoms with E-state index in [1.807, 2.05) is 0 Å². The summed E-state index contributed by atoms with van der Waals surface area (Å²) in [6.07, 6.45) is 7.75. The number of nitrogens with two attached hydrogens (primary N) is 1. The normalized spacial score (nSPS) is 23.5. The summed E-state index contributed by atoms with van der Waals surface area (Å²) in [6.45, 7) is 1.01. The van der Waals surface area contributed by atoms with Gasteiger partial charge in [-0.1, -0.05) is 12.8 Å². The minimum atomic E-state index is -0.384. The first-order valence-electron chi connectivity index (χ1n) is 7.60. The molecule has 2 aliphatic rings. The molecule has 3 nitrogen and oxygen atoms in total. The minimum absolute atomic E-state index is 0.284. The van der Waals surface area contributed by atoms with Crippen molar-refractivity contribution >= 4 is 11.4 Å². The average molecular weight is 278 g/mol. The first kappa shape index (κ1) is 13.5. The molecule has 4 heteroatoms. The second kappa shape index (κ2) is 5.51. The van der Waals surface area contributed by atoms with Crippen molar-refractivity contribution in [3.8, 4) is 5.75 Å². The van der Waals surface area contributed by atoms with Gasteiger partial charge in [0.15, 0.2) is 11.6 Å². The molecule has 1 atom stereocenters. The van der Waals surface area contributed by atoms with Crippen LogP contribution in [-0.4, -0.2) is 19.7 Å². The molecule has 2 N–H and O–H groups in total. The maximum atomic E-state index is 13.7. The van der Waals surface area contributed by atoms with Gasteiger partial charge in [0.25, 0.3) is 0 Å². The number of halogens is 1. The van der Waals surface area contributed by atoms with Gasteiger partial charge in [-0.25, -0.2) is 4.39 Å². The lowest BCUT2D eigenvalue weighted by Gasteiger charge is -2.32. The Bertz CT molecular complexity index is 486. The summed E-state index contributed by atoms with van der Waals surface area (Å²) in [5.74, 6) is 0.671. The Hall–Kier alpha value is -1.45. The number of ether oxygens (including phenoxy) is 1.